The van der Waals surface area contributed by atoms with E-state index in [1.807, 2.05) is 18.2 Å². The lowest BCUT2D eigenvalue weighted by molar-refractivity contribution is 0.285. The van der Waals surface area contributed by atoms with Gasteiger partial charge in [-0.1, -0.05) is 11.6 Å². The van der Waals surface area contributed by atoms with Crippen molar-refractivity contribution in [2.24, 2.45) is 0 Å². The molecule has 0 fully saturated rings. The van der Waals surface area contributed by atoms with Crippen LogP contribution in [0.1, 0.15) is 4.88 Å². The molecule has 1 heterocycles. The van der Waals surface area contributed by atoms with Gasteiger partial charge in [0.05, 0.1) is 6.61 Å². The van der Waals surface area contributed by atoms with Gasteiger partial charge >= 0.3 is 0 Å². The molecule has 4 heteroatoms. The van der Waals surface area contributed by atoms with Crippen molar-refractivity contribution in [3.05, 3.63) is 31.7 Å². The van der Waals surface area contributed by atoms with E-state index in [1.165, 1.54) is 4.70 Å². The fraction of sp³-hybridized carbons (Fsp3) is 0.111. The Morgan fingerprint density at radius 3 is 2.85 bits per heavy atom. The molecule has 0 aliphatic heterocycles. The number of halogens is 2. The first-order valence-corrected chi connectivity index (χ1v) is 5.96. The minimum absolute atomic E-state index is 0.104. The molecule has 13 heavy (non-hydrogen) atoms. The smallest absolute Gasteiger partial charge is 0.0774 e. The highest BCUT2D eigenvalue weighted by Gasteiger charge is 2.05. The van der Waals surface area contributed by atoms with Gasteiger partial charge in [0.25, 0.3) is 0 Å². The molecular weight excluding hydrogens is 319 g/mol. The summed E-state index contributed by atoms with van der Waals surface area (Å²) in [4.78, 5) is 0.982. The summed E-state index contributed by atoms with van der Waals surface area (Å²) < 4.78 is 2.35. The largest absolute Gasteiger partial charge is 0.391 e. The molecule has 0 radical (unpaired) electrons. The highest BCUT2D eigenvalue weighted by molar-refractivity contribution is 14.1. The van der Waals surface area contributed by atoms with Crippen molar-refractivity contribution in [2.75, 3.05) is 0 Å². The third-order valence-corrected chi connectivity index (χ3v) is 4.35. The molecule has 0 atom stereocenters. The lowest BCUT2D eigenvalue weighted by Gasteiger charge is -1.94. The third-order valence-electron chi connectivity index (χ3n) is 1.74. The van der Waals surface area contributed by atoms with Crippen LogP contribution in [0.3, 0.4) is 0 Å². The Morgan fingerprint density at radius 2 is 2.15 bits per heavy atom. The van der Waals surface area contributed by atoms with Crippen LogP contribution in [0.15, 0.2) is 18.2 Å². The highest BCUT2D eigenvalue weighted by Crippen LogP contribution is 2.32. The van der Waals surface area contributed by atoms with Crippen LogP contribution < -0.4 is 0 Å². The van der Waals surface area contributed by atoms with E-state index in [9.17, 15) is 0 Å². The topological polar surface area (TPSA) is 20.2 Å². The van der Waals surface area contributed by atoms with Crippen LogP contribution in [0.25, 0.3) is 10.1 Å². The fourth-order valence-electron chi connectivity index (χ4n) is 1.21. The van der Waals surface area contributed by atoms with Crippen molar-refractivity contribution in [1.82, 2.24) is 0 Å². The van der Waals surface area contributed by atoms with Crippen LogP contribution >= 0.6 is 45.5 Å². The molecule has 2 rings (SSSR count). The lowest BCUT2D eigenvalue weighted by atomic mass is 10.2. The predicted molar refractivity (Wildman–Crippen MR) is 65.5 cm³/mol. The number of thiophene rings is 1. The number of benzene rings is 1. The normalized spacial score (nSPS) is 11.0. The first-order valence-electron chi connectivity index (χ1n) is 3.69. The van der Waals surface area contributed by atoms with Gasteiger partial charge in [-0.3, -0.25) is 0 Å². The molecular formula is C9H6ClIOS. The van der Waals surface area contributed by atoms with Crippen molar-refractivity contribution in [3.63, 3.8) is 0 Å². The Morgan fingerprint density at radius 1 is 1.38 bits per heavy atom. The van der Waals surface area contributed by atoms with E-state index in [-0.39, 0.29) is 6.61 Å². The Bertz CT molecular complexity index is 452. The monoisotopic (exact) mass is 324 g/mol. The number of rotatable bonds is 1. The van der Waals surface area contributed by atoms with Crippen molar-refractivity contribution in [1.29, 1.82) is 0 Å². The number of aliphatic hydroxyl groups is 1. The number of hydrogen-bond donors (Lipinski definition) is 1. The Hall–Kier alpha value is 0.160. The van der Waals surface area contributed by atoms with Gasteiger partial charge in [0.2, 0.25) is 0 Å². The Labute approximate surface area is 98.5 Å². The summed E-state index contributed by atoms with van der Waals surface area (Å²) in [6, 6.07) is 5.84. The van der Waals surface area contributed by atoms with Crippen molar-refractivity contribution >= 4 is 55.6 Å². The summed E-state index contributed by atoms with van der Waals surface area (Å²) in [5.41, 5.74) is 0. The van der Waals surface area contributed by atoms with Crippen LogP contribution in [-0.2, 0) is 6.61 Å². The minimum atomic E-state index is 0.104. The molecule has 0 saturated heterocycles. The molecule has 0 bridgehead atoms. The molecule has 68 valence electrons. The van der Waals surface area contributed by atoms with Crippen molar-refractivity contribution < 1.29 is 5.11 Å². The minimum Gasteiger partial charge on any atom is -0.391 e. The molecule has 1 N–H and O–H groups in total. The van der Waals surface area contributed by atoms with E-state index < -0.39 is 0 Å². The van der Waals surface area contributed by atoms with Crippen LogP contribution in [0.4, 0.5) is 0 Å². The van der Waals surface area contributed by atoms with Gasteiger partial charge in [0, 0.05) is 18.2 Å². The molecule has 2 aromatic rings. The van der Waals surface area contributed by atoms with Crippen LogP contribution in [0.5, 0.6) is 0 Å². The third kappa shape index (κ3) is 1.83. The van der Waals surface area contributed by atoms with E-state index in [4.69, 9.17) is 16.7 Å². The van der Waals surface area contributed by atoms with Gasteiger partial charge in [0.15, 0.2) is 0 Å². The number of hydrogen-bond acceptors (Lipinski definition) is 2. The molecule has 0 aliphatic rings. The maximum absolute atomic E-state index is 8.97. The van der Waals surface area contributed by atoms with E-state index >= 15 is 0 Å². The summed E-state index contributed by atoms with van der Waals surface area (Å²) in [5.74, 6) is 0. The predicted octanol–water partition coefficient (Wildman–Crippen LogP) is 3.65. The second-order valence-electron chi connectivity index (χ2n) is 2.68. The zero-order valence-electron chi connectivity index (χ0n) is 6.55. The average Bonchev–Trinajstić information content (AvgIpc) is 2.47. The Kier molecular flexibility index (Phi) is 2.78. The average molecular weight is 325 g/mol. The van der Waals surface area contributed by atoms with Crippen molar-refractivity contribution in [3.8, 4) is 0 Å². The summed E-state index contributed by atoms with van der Waals surface area (Å²) >= 11 is 9.79. The zero-order valence-corrected chi connectivity index (χ0v) is 10.3. The van der Waals surface area contributed by atoms with Gasteiger partial charge in [0.1, 0.15) is 0 Å². The van der Waals surface area contributed by atoms with Gasteiger partial charge in [-0.25, -0.2) is 0 Å². The molecule has 0 unspecified atom stereocenters. The maximum atomic E-state index is 8.97. The molecule has 1 aromatic heterocycles. The molecule has 0 spiro atoms. The summed E-state index contributed by atoms with van der Waals surface area (Å²) in [7, 11) is 0. The fourth-order valence-corrected chi connectivity index (χ4v) is 3.50. The van der Waals surface area contributed by atoms with E-state index in [1.54, 1.807) is 11.3 Å². The molecule has 0 saturated carbocycles. The van der Waals surface area contributed by atoms with Gasteiger partial charge < -0.3 is 5.11 Å². The molecule has 1 nitrogen and oxygen atoms in total. The highest BCUT2D eigenvalue weighted by atomic mass is 127. The Balaban J connectivity index is 2.75. The number of aliphatic hydroxyl groups excluding tert-OH is 1. The van der Waals surface area contributed by atoms with E-state index in [0.717, 1.165) is 18.9 Å². The second-order valence-corrected chi connectivity index (χ2v) is 5.41. The zero-order chi connectivity index (χ0) is 9.42. The molecule has 0 amide bonds. The van der Waals surface area contributed by atoms with E-state index in [2.05, 4.69) is 22.6 Å². The van der Waals surface area contributed by atoms with Gasteiger partial charge in [-0.2, -0.15) is 0 Å². The van der Waals surface area contributed by atoms with Crippen molar-refractivity contribution in [2.45, 2.75) is 6.61 Å². The molecule has 1 aromatic carbocycles. The first kappa shape index (κ1) is 9.71. The maximum Gasteiger partial charge on any atom is 0.0774 e. The summed E-state index contributed by atoms with van der Waals surface area (Å²) in [5, 5.41) is 10.8. The molecule has 0 aliphatic carbocycles. The number of fused-ring (bicyclic) bond motifs is 1. The van der Waals surface area contributed by atoms with Crippen LogP contribution in [0, 0.1) is 3.57 Å². The quantitative estimate of drug-likeness (QED) is 0.794. The van der Waals surface area contributed by atoms with E-state index in [0.29, 0.717) is 0 Å². The van der Waals surface area contributed by atoms with Gasteiger partial charge in [-0.05, 0) is 46.2 Å². The first-order chi connectivity index (χ1) is 6.20. The van der Waals surface area contributed by atoms with Crippen LogP contribution in [0.2, 0.25) is 5.02 Å². The summed E-state index contributed by atoms with van der Waals surface area (Å²) in [6.07, 6.45) is 0. The standard InChI is InChI=1S/C9H6ClIOS/c10-6-1-5-2-7(4-12)13-9(5)8(11)3-6/h1-3,12H,4H2. The lowest BCUT2D eigenvalue weighted by Crippen LogP contribution is -1.71. The van der Waals surface area contributed by atoms with Crippen LogP contribution in [-0.4, -0.2) is 5.11 Å². The SMILES string of the molecule is OCc1cc2cc(Cl)cc(I)c2s1. The summed E-state index contributed by atoms with van der Waals surface area (Å²) in [6.45, 7) is 0.104. The second kappa shape index (κ2) is 3.73. The van der Waals surface area contributed by atoms with Gasteiger partial charge in [-0.15, -0.1) is 11.3 Å².